The normalized spacial score (nSPS) is 45.7. The van der Waals surface area contributed by atoms with E-state index < -0.39 is 0 Å². The molecule has 33 heavy (non-hydrogen) atoms. The van der Waals surface area contributed by atoms with Crippen molar-refractivity contribution in [1.29, 1.82) is 0 Å². The molecular formula is C31H52O2. The number of hydrogen-bond donors (Lipinski definition) is 1. The van der Waals surface area contributed by atoms with E-state index in [0.29, 0.717) is 22.7 Å². The Kier molecular flexibility index (Phi) is 6.61. The first-order valence-electron chi connectivity index (χ1n) is 14.7. The Balaban J connectivity index is 1.29. The van der Waals surface area contributed by atoms with Crippen LogP contribution in [-0.2, 0) is 4.74 Å². The number of aliphatic hydroxyl groups is 1. The van der Waals surface area contributed by atoms with Gasteiger partial charge in [0.25, 0.3) is 0 Å². The number of aliphatic hydroxyl groups excluding tert-OH is 1. The van der Waals surface area contributed by atoms with E-state index >= 15 is 0 Å². The van der Waals surface area contributed by atoms with E-state index in [1.165, 1.54) is 70.6 Å². The highest BCUT2D eigenvalue weighted by molar-refractivity contribution is 5.25. The number of hydrogen-bond acceptors (Lipinski definition) is 2. The molecule has 5 rings (SSSR count). The van der Waals surface area contributed by atoms with Crippen LogP contribution in [0.1, 0.15) is 118 Å². The fourth-order valence-corrected chi connectivity index (χ4v) is 10.1. The maximum Gasteiger partial charge on any atom is 0.0705 e. The fourth-order valence-electron chi connectivity index (χ4n) is 10.1. The number of ether oxygens (including phenoxy) is 1. The van der Waals surface area contributed by atoms with E-state index in [0.717, 1.165) is 43.1 Å². The van der Waals surface area contributed by atoms with Gasteiger partial charge in [-0.3, -0.25) is 0 Å². The minimum Gasteiger partial charge on any atom is -0.393 e. The van der Waals surface area contributed by atoms with Gasteiger partial charge in [0, 0.05) is 0 Å². The summed E-state index contributed by atoms with van der Waals surface area (Å²) in [4.78, 5) is 0. The predicted octanol–water partition coefficient (Wildman–Crippen LogP) is 7.94. The van der Waals surface area contributed by atoms with Crippen molar-refractivity contribution >= 4 is 0 Å². The molecule has 0 bridgehead atoms. The second-order valence-electron chi connectivity index (χ2n) is 14.0. The number of allylic oxidation sites excluding steroid dienone is 1. The molecule has 0 saturated heterocycles. The van der Waals surface area contributed by atoms with Gasteiger partial charge in [0.05, 0.1) is 18.3 Å². The molecule has 4 saturated carbocycles. The van der Waals surface area contributed by atoms with Gasteiger partial charge in [0.1, 0.15) is 0 Å². The third-order valence-electron chi connectivity index (χ3n) is 12.2. The molecule has 8 atom stereocenters. The molecule has 2 nitrogen and oxygen atoms in total. The van der Waals surface area contributed by atoms with Gasteiger partial charge < -0.3 is 9.84 Å². The summed E-state index contributed by atoms with van der Waals surface area (Å²) in [5.74, 6) is 4.72. The topological polar surface area (TPSA) is 29.5 Å². The highest BCUT2D eigenvalue weighted by Crippen LogP contribution is 2.67. The summed E-state index contributed by atoms with van der Waals surface area (Å²) in [6.07, 6.45) is 19.2. The average molecular weight is 457 g/mol. The maximum atomic E-state index is 10.3. The SMILES string of the molecule is CC(C)C1(OC[C@@H](C)[C@H]2CC[C@H]3[C@@H]4CC=C5C[C@@H](O)CC[C@]5(C)[C@H]4CC[C@]23C)CCCCC1. The molecule has 0 spiro atoms. The van der Waals surface area contributed by atoms with E-state index in [4.69, 9.17) is 4.74 Å². The van der Waals surface area contributed by atoms with Crippen LogP contribution in [0.4, 0.5) is 0 Å². The van der Waals surface area contributed by atoms with Crippen LogP contribution in [0.25, 0.3) is 0 Å². The van der Waals surface area contributed by atoms with Crippen molar-refractivity contribution in [3.05, 3.63) is 11.6 Å². The lowest BCUT2D eigenvalue weighted by atomic mass is 9.47. The van der Waals surface area contributed by atoms with Crippen LogP contribution in [0, 0.1) is 46.3 Å². The molecule has 2 heteroatoms. The molecule has 0 aromatic rings. The highest BCUT2D eigenvalue weighted by atomic mass is 16.5. The third kappa shape index (κ3) is 3.98. The van der Waals surface area contributed by atoms with Crippen LogP contribution < -0.4 is 0 Å². The molecule has 0 aliphatic heterocycles. The smallest absolute Gasteiger partial charge is 0.0705 e. The molecule has 0 aromatic carbocycles. The minimum absolute atomic E-state index is 0.0928. The van der Waals surface area contributed by atoms with Crippen molar-refractivity contribution < 1.29 is 9.84 Å². The van der Waals surface area contributed by atoms with Crippen LogP contribution in [-0.4, -0.2) is 23.4 Å². The number of rotatable bonds is 5. The lowest BCUT2D eigenvalue weighted by molar-refractivity contribution is -0.125. The first kappa shape index (κ1) is 24.4. The van der Waals surface area contributed by atoms with Crippen LogP contribution in [0.2, 0.25) is 0 Å². The second kappa shape index (κ2) is 8.95. The minimum atomic E-state index is -0.0928. The first-order chi connectivity index (χ1) is 15.7. The first-order valence-corrected chi connectivity index (χ1v) is 14.7. The van der Waals surface area contributed by atoms with Gasteiger partial charge in [-0.05, 0) is 111 Å². The van der Waals surface area contributed by atoms with E-state index in [2.05, 4.69) is 40.7 Å². The van der Waals surface area contributed by atoms with Gasteiger partial charge in [-0.15, -0.1) is 0 Å². The molecular weight excluding hydrogens is 404 g/mol. The Bertz CT molecular complexity index is 733. The molecule has 4 fully saturated rings. The lowest BCUT2D eigenvalue weighted by Gasteiger charge is -2.58. The predicted molar refractivity (Wildman–Crippen MR) is 137 cm³/mol. The van der Waals surface area contributed by atoms with Crippen molar-refractivity contribution in [3.63, 3.8) is 0 Å². The summed E-state index contributed by atoms with van der Waals surface area (Å²) in [6, 6.07) is 0. The molecule has 0 radical (unpaired) electrons. The van der Waals surface area contributed by atoms with Crippen molar-refractivity contribution in [2.75, 3.05) is 6.61 Å². The quantitative estimate of drug-likeness (QED) is 0.425. The van der Waals surface area contributed by atoms with Gasteiger partial charge >= 0.3 is 0 Å². The molecule has 0 unspecified atom stereocenters. The monoisotopic (exact) mass is 456 g/mol. The molecule has 0 aromatic heterocycles. The summed E-state index contributed by atoms with van der Waals surface area (Å²) in [5.41, 5.74) is 2.61. The van der Waals surface area contributed by atoms with Gasteiger partial charge in [0.15, 0.2) is 0 Å². The van der Waals surface area contributed by atoms with E-state index in [1.807, 2.05) is 0 Å². The third-order valence-corrected chi connectivity index (χ3v) is 12.2. The largest absolute Gasteiger partial charge is 0.393 e. The van der Waals surface area contributed by atoms with Crippen LogP contribution in [0.3, 0.4) is 0 Å². The molecule has 5 aliphatic carbocycles. The second-order valence-corrected chi connectivity index (χ2v) is 14.0. The van der Waals surface area contributed by atoms with Gasteiger partial charge in [0.2, 0.25) is 0 Å². The van der Waals surface area contributed by atoms with Gasteiger partial charge in [-0.25, -0.2) is 0 Å². The summed E-state index contributed by atoms with van der Waals surface area (Å²) in [5, 5.41) is 10.3. The highest BCUT2D eigenvalue weighted by Gasteiger charge is 2.59. The molecule has 0 amide bonds. The van der Waals surface area contributed by atoms with Crippen molar-refractivity contribution in [2.45, 2.75) is 130 Å². The fraction of sp³-hybridized carbons (Fsp3) is 0.935. The summed E-state index contributed by atoms with van der Waals surface area (Å²) in [6.45, 7) is 13.5. The summed E-state index contributed by atoms with van der Waals surface area (Å²) < 4.78 is 6.90. The Hall–Kier alpha value is -0.340. The zero-order valence-electron chi connectivity index (χ0n) is 22.4. The Morgan fingerprint density at radius 1 is 0.939 bits per heavy atom. The summed E-state index contributed by atoms with van der Waals surface area (Å²) >= 11 is 0. The standard InChI is InChI=1S/C31H52O2/c1-21(2)31(15-7-6-8-16-31)33-20-22(3)26-11-12-27-25-10-9-23-19-24(32)13-17-29(23,4)28(25)14-18-30(26,27)5/h9,21-22,24-28,32H,6-8,10-20H2,1-5H3/t22-,24+,25+,26-,27+,28+,29+,30-/m1/s1. The van der Waals surface area contributed by atoms with Crippen LogP contribution in [0.15, 0.2) is 11.6 Å². The van der Waals surface area contributed by atoms with E-state index in [1.54, 1.807) is 5.57 Å². The summed E-state index contributed by atoms with van der Waals surface area (Å²) in [7, 11) is 0. The van der Waals surface area contributed by atoms with Crippen molar-refractivity contribution in [1.82, 2.24) is 0 Å². The Morgan fingerprint density at radius 2 is 1.70 bits per heavy atom. The van der Waals surface area contributed by atoms with E-state index in [-0.39, 0.29) is 11.7 Å². The zero-order chi connectivity index (χ0) is 23.4. The molecule has 0 heterocycles. The zero-order valence-corrected chi connectivity index (χ0v) is 22.4. The maximum absolute atomic E-state index is 10.3. The van der Waals surface area contributed by atoms with Crippen molar-refractivity contribution in [2.24, 2.45) is 46.3 Å². The van der Waals surface area contributed by atoms with Gasteiger partial charge in [-0.1, -0.05) is 65.5 Å². The molecule has 5 aliphatic rings. The van der Waals surface area contributed by atoms with E-state index in [9.17, 15) is 5.11 Å². The molecule has 1 N–H and O–H groups in total. The van der Waals surface area contributed by atoms with Crippen LogP contribution in [0.5, 0.6) is 0 Å². The van der Waals surface area contributed by atoms with Gasteiger partial charge in [-0.2, -0.15) is 0 Å². The number of fused-ring (bicyclic) bond motifs is 5. The van der Waals surface area contributed by atoms with Crippen LogP contribution >= 0.6 is 0 Å². The van der Waals surface area contributed by atoms with Crippen molar-refractivity contribution in [3.8, 4) is 0 Å². The lowest BCUT2D eigenvalue weighted by Crippen LogP contribution is -2.51. The average Bonchev–Trinajstić information content (AvgIpc) is 3.16. The Morgan fingerprint density at radius 3 is 2.42 bits per heavy atom. The molecule has 188 valence electrons. The Labute approximate surface area is 204 Å².